The van der Waals surface area contributed by atoms with E-state index in [-0.39, 0.29) is 18.5 Å². The molecular formula is C61H119NO5. The van der Waals surface area contributed by atoms with Gasteiger partial charge in [0, 0.05) is 12.8 Å². The van der Waals surface area contributed by atoms with Crippen LogP contribution in [0.3, 0.4) is 0 Å². The highest BCUT2D eigenvalue weighted by molar-refractivity contribution is 5.76. The van der Waals surface area contributed by atoms with Crippen LogP contribution in [0.2, 0.25) is 0 Å². The molecule has 0 saturated carbocycles. The standard InChI is InChI=1S/C61H119NO5/c1-3-5-7-9-11-13-15-17-18-27-31-35-39-43-47-51-55-61(66)67-56-52-48-44-40-36-32-28-25-23-21-19-20-22-24-26-30-34-38-42-46-50-54-60(65)62-58(57-63)59(64)53-49-45-41-37-33-29-16-14-12-10-8-6-4-2/h20,22,58-59,63-64H,3-19,21,23-57H2,1-2H3,(H,62,65)/b22-20-. The third-order valence-corrected chi connectivity index (χ3v) is 14.3. The van der Waals surface area contributed by atoms with E-state index in [4.69, 9.17) is 4.74 Å². The van der Waals surface area contributed by atoms with Crippen LogP contribution in [0.4, 0.5) is 0 Å². The summed E-state index contributed by atoms with van der Waals surface area (Å²) in [6, 6.07) is -0.545. The molecule has 0 saturated heterocycles. The predicted octanol–water partition coefficient (Wildman–Crippen LogP) is 18.9. The minimum Gasteiger partial charge on any atom is -0.466 e. The van der Waals surface area contributed by atoms with Gasteiger partial charge in [0.1, 0.15) is 0 Å². The molecule has 0 radical (unpaired) electrons. The number of amides is 1. The van der Waals surface area contributed by atoms with Crippen LogP contribution < -0.4 is 5.32 Å². The van der Waals surface area contributed by atoms with Crippen LogP contribution in [0.1, 0.15) is 341 Å². The average Bonchev–Trinajstić information content (AvgIpc) is 3.33. The molecule has 0 fully saturated rings. The third-order valence-electron chi connectivity index (χ3n) is 14.3. The highest BCUT2D eigenvalue weighted by Crippen LogP contribution is 2.18. The molecule has 0 spiro atoms. The number of unbranched alkanes of at least 4 members (excludes halogenated alkanes) is 44. The number of nitrogens with one attached hydrogen (secondary N) is 1. The number of allylic oxidation sites excluding steroid dienone is 2. The first-order valence-electron chi connectivity index (χ1n) is 30.4. The molecule has 0 aromatic rings. The van der Waals surface area contributed by atoms with Crippen molar-refractivity contribution < 1.29 is 24.5 Å². The van der Waals surface area contributed by atoms with E-state index in [1.807, 2.05) is 0 Å². The predicted molar refractivity (Wildman–Crippen MR) is 292 cm³/mol. The molecule has 6 nitrogen and oxygen atoms in total. The molecule has 0 rings (SSSR count). The summed E-state index contributed by atoms with van der Waals surface area (Å²) in [7, 11) is 0. The van der Waals surface area contributed by atoms with Crippen molar-refractivity contribution in [3.05, 3.63) is 12.2 Å². The van der Waals surface area contributed by atoms with E-state index in [2.05, 4.69) is 31.3 Å². The first kappa shape index (κ1) is 65.6. The van der Waals surface area contributed by atoms with Gasteiger partial charge in [0.25, 0.3) is 0 Å². The van der Waals surface area contributed by atoms with Gasteiger partial charge in [-0.05, 0) is 51.4 Å². The fraction of sp³-hybridized carbons (Fsp3) is 0.934. The second-order valence-electron chi connectivity index (χ2n) is 21.0. The van der Waals surface area contributed by atoms with Crippen molar-refractivity contribution in [3.63, 3.8) is 0 Å². The van der Waals surface area contributed by atoms with Crippen molar-refractivity contribution in [3.8, 4) is 0 Å². The minimum atomic E-state index is -0.667. The van der Waals surface area contributed by atoms with Gasteiger partial charge >= 0.3 is 5.97 Å². The van der Waals surface area contributed by atoms with Crippen molar-refractivity contribution in [2.45, 2.75) is 353 Å². The molecule has 6 heteroatoms. The topological polar surface area (TPSA) is 95.9 Å². The number of rotatable bonds is 57. The first-order chi connectivity index (χ1) is 33.0. The maximum absolute atomic E-state index is 12.5. The fourth-order valence-corrected chi connectivity index (χ4v) is 9.64. The Hall–Kier alpha value is -1.40. The van der Waals surface area contributed by atoms with Gasteiger partial charge in [0.15, 0.2) is 0 Å². The van der Waals surface area contributed by atoms with Crippen LogP contribution in [0, 0.1) is 0 Å². The average molecular weight is 947 g/mol. The van der Waals surface area contributed by atoms with Gasteiger partial charge in [-0.2, -0.15) is 0 Å². The lowest BCUT2D eigenvalue weighted by Crippen LogP contribution is -2.45. The summed E-state index contributed by atoms with van der Waals surface area (Å²) in [6.07, 6.45) is 67.9. The summed E-state index contributed by atoms with van der Waals surface area (Å²) >= 11 is 0. The summed E-state index contributed by atoms with van der Waals surface area (Å²) in [5.41, 5.74) is 0. The molecule has 1 amide bonds. The Morgan fingerprint density at radius 3 is 1.06 bits per heavy atom. The molecule has 0 heterocycles. The van der Waals surface area contributed by atoms with Crippen molar-refractivity contribution in [2.75, 3.05) is 13.2 Å². The van der Waals surface area contributed by atoms with Gasteiger partial charge in [-0.15, -0.1) is 0 Å². The Morgan fingerprint density at radius 2 is 0.701 bits per heavy atom. The van der Waals surface area contributed by atoms with Crippen LogP contribution in [0.15, 0.2) is 12.2 Å². The molecule has 0 aliphatic carbocycles. The van der Waals surface area contributed by atoms with Crippen LogP contribution in [-0.4, -0.2) is 47.4 Å². The fourth-order valence-electron chi connectivity index (χ4n) is 9.64. The number of hydrogen-bond acceptors (Lipinski definition) is 5. The second-order valence-corrected chi connectivity index (χ2v) is 21.0. The summed E-state index contributed by atoms with van der Waals surface area (Å²) in [6.45, 7) is 4.97. The van der Waals surface area contributed by atoms with Crippen LogP contribution >= 0.6 is 0 Å². The van der Waals surface area contributed by atoms with Gasteiger partial charge in [0.2, 0.25) is 5.91 Å². The zero-order valence-electron chi connectivity index (χ0n) is 45.4. The molecule has 0 aliphatic rings. The smallest absolute Gasteiger partial charge is 0.305 e. The van der Waals surface area contributed by atoms with E-state index in [0.717, 1.165) is 38.5 Å². The Labute approximate surface area is 419 Å². The van der Waals surface area contributed by atoms with Crippen LogP contribution in [-0.2, 0) is 14.3 Å². The number of aliphatic hydroxyl groups excluding tert-OH is 2. The Bertz CT molecular complexity index is 1000. The van der Waals surface area contributed by atoms with E-state index in [9.17, 15) is 19.8 Å². The van der Waals surface area contributed by atoms with Gasteiger partial charge in [0.05, 0.1) is 25.4 Å². The lowest BCUT2D eigenvalue weighted by Gasteiger charge is -2.22. The molecule has 0 aliphatic heterocycles. The van der Waals surface area contributed by atoms with E-state index < -0.39 is 12.1 Å². The van der Waals surface area contributed by atoms with E-state index in [0.29, 0.717) is 25.9 Å². The largest absolute Gasteiger partial charge is 0.466 e. The van der Waals surface area contributed by atoms with Gasteiger partial charge in [-0.3, -0.25) is 9.59 Å². The van der Waals surface area contributed by atoms with E-state index >= 15 is 0 Å². The summed E-state index contributed by atoms with van der Waals surface area (Å²) in [5.74, 6) is -0.0291. The van der Waals surface area contributed by atoms with Crippen molar-refractivity contribution in [1.29, 1.82) is 0 Å². The molecule has 0 bridgehead atoms. The molecule has 3 N–H and O–H groups in total. The lowest BCUT2D eigenvalue weighted by molar-refractivity contribution is -0.143. The highest BCUT2D eigenvalue weighted by Gasteiger charge is 2.20. The summed E-state index contributed by atoms with van der Waals surface area (Å²) in [4.78, 5) is 24.5. The summed E-state index contributed by atoms with van der Waals surface area (Å²) < 4.78 is 5.49. The maximum Gasteiger partial charge on any atom is 0.305 e. The Kier molecular flexibility index (Phi) is 56.0. The van der Waals surface area contributed by atoms with Crippen LogP contribution in [0.25, 0.3) is 0 Å². The quantitative estimate of drug-likeness (QED) is 0.0321. The molecular weight excluding hydrogens is 827 g/mol. The summed E-state index contributed by atoms with van der Waals surface area (Å²) in [5, 5.41) is 23.2. The SMILES string of the molecule is CCCCCCCCCCCCCCCCCCC(=O)OCCCCCCCCCCCC/C=C\CCCCCCCCCC(=O)NC(CO)C(O)CCCCCCCCCCCCCCC. The van der Waals surface area contributed by atoms with Crippen LogP contribution in [0.5, 0.6) is 0 Å². The normalized spacial score (nSPS) is 12.6. The number of esters is 1. The van der Waals surface area contributed by atoms with E-state index in [1.54, 1.807) is 0 Å². The van der Waals surface area contributed by atoms with Gasteiger partial charge < -0.3 is 20.3 Å². The monoisotopic (exact) mass is 946 g/mol. The number of carbonyl (C=O) groups excluding carboxylic acids is 2. The third kappa shape index (κ3) is 53.8. The molecule has 0 aromatic carbocycles. The Morgan fingerprint density at radius 1 is 0.403 bits per heavy atom. The van der Waals surface area contributed by atoms with Gasteiger partial charge in [-0.1, -0.05) is 289 Å². The first-order valence-corrected chi connectivity index (χ1v) is 30.4. The van der Waals surface area contributed by atoms with Crippen molar-refractivity contribution in [2.24, 2.45) is 0 Å². The molecule has 2 atom stereocenters. The molecule has 2 unspecified atom stereocenters. The number of hydrogen-bond donors (Lipinski definition) is 3. The van der Waals surface area contributed by atoms with E-state index in [1.165, 1.54) is 270 Å². The lowest BCUT2D eigenvalue weighted by atomic mass is 10.0. The van der Waals surface area contributed by atoms with Crippen molar-refractivity contribution in [1.82, 2.24) is 5.32 Å². The van der Waals surface area contributed by atoms with Crippen molar-refractivity contribution >= 4 is 11.9 Å². The van der Waals surface area contributed by atoms with Gasteiger partial charge in [-0.25, -0.2) is 0 Å². The molecule has 398 valence electrons. The Balaban J connectivity index is 3.39. The number of carbonyl (C=O) groups is 2. The minimum absolute atomic E-state index is 0.0122. The second kappa shape index (κ2) is 57.2. The zero-order chi connectivity index (χ0) is 48.6. The molecule has 67 heavy (non-hydrogen) atoms. The highest BCUT2D eigenvalue weighted by atomic mass is 16.5. The molecule has 0 aromatic heterocycles. The number of aliphatic hydroxyl groups is 2. The zero-order valence-corrected chi connectivity index (χ0v) is 45.4. The number of ether oxygens (including phenoxy) is 1. The maximum atomic E-state index is 12.5.